The molecule has 0 bridgehead atoms. The van der Waals surface area contributed by atoms with Gasteiger partial charge >= 0.3 is 6.03 Å². The van der Waals surface area contributed by atoms with Crippen molar-refractivity contribution in [1.29, 1.82) is 0 Å². The average Bonchev–Trinajstić information content (AvgIpc) is 2.36. The first kappa shape index (κ1) is 16.8. The van der Waals surface area contributed by atoms with Crippen molar-refractivity contribution in [3.63, 3.8) is 0 Å². The van der Waals surface area contributed by atoms with E-state index in [0.29, 0.717) is 24.4 Å². The summed E-state index contributed by atoms with van der Waals surface area (Å²) in [5.74, 6) is 0.935. The molecule has 2 atom stereocenters. The highest BCUT2D eigenvalue weighted by atomic mass is 79.9. The van der Waals surface area contributed by atoms with E-state index in [0.717, 1.165) is 4.47 Å². The topological polar surface area (TPSA) is 70.6 Å². The fraction of sp³-hybridized carbons (Fsp3) is 0.500. The van der Waals surface area contributed by atoms with Gasteiger partial charge in [0.05, 0.1) is 17.7 Å². The lowest BCUT2D eigenvalue weighted by molar-refractivity contribution is 0.163. The number of anilines is 1. The standard InChI is InChI=1S/C14H21BrN2O3/c1-9(6-10(2)18)8-16-14(19)17-11-4-5-13(20-3)12(15)7-11/h4-5,7,9-10,18H,6,8H2,1-3H3,(H2,16,17,19)/t9-,10+/m1/s1. The van der Waals surface area contributed by atoms with Crippen LogP contribution in [-0.4, -0.2) is 30.9 Å². The Morgan fingerprint density at radius 1 is 1.45 bits per heavy atom. The Morgan fingerprint density at radius 3 is 2.70 bits per heavy atom. The molecule has 0 spiro atoms. The maximum atomic E-state index is 11.7. The zero-order valence-electron chi connectivity index (χ0n) is 11.9. The second-order valence-corrected chi connectivity index (χ2v) is 5.73. The number of ether oxygens (including phenoxy) is 1. The van der Waals surface area contributed by atoms with E-state index in [1.807, 2.05) is 6.92 Å². The number of halogens is 1. The van der Waals surface area contributed by atoms with Gasteiger partial charge in [-0.1, -0.05) is 6.92 Å². The molecule has 0 heterocycles. The lowest BCUT2D eigenvalue weighted by Gasteiger charge is -2.15. The number of carbonyl (C=O) groups excluding carboxylic acids is 1. The molecule has 6 heteroatoms. The summed E-state index contributed by atoms with van der Waals surface area (Å²) in [7, 11) is 1.59. The van der Waals surface area contributed by atoms with Crippen molar-refractivity contribution in [2.45, 2.75) is 26.4 Å². The van der Waals surface area contributed by atoms with Crippen molar-refractivity contribution in [1.82, 2.24) is 5.32 Å². The predicted molar refractivity (Wildman–Crippen MR) is 83.2 cm³/mol. The molecule has 0 aliphatic carbocycles. The predicted octanol–water partition coefficient (Wildman–Crippen LogP) is 2.99. The third-order valence-electron chi connectivity index (χ3n) is 2.76. The molecule has 20 heavy (non-hydrogen) atoms. The molecule has 0 saturated heterocycles. The summed E-state index contributed by atoms with van der Waals surface area (Å²) in [6.45, 7) is 4.25. The molecule has 5 nitrogen and oxygen atoms in total. The minimum Gasteiger partial charge on any atom is -0.496 e. The number of urea groups is 1. The second kappa shape index (κ2) is 8.11. The lowest BCUT2D eigenvalue weighted by atomic mass is 10.1. The molecule has 2 amide bonds. The van der Waals surface area contributed by atoms with Crippen molar-refractivity contribution >= 4 is 27.6 Å². The van der Waals surface area contributed by atoms with Crippen molar-refractivity contribution in [3.05, 3.63) is 22.7 Å². The molecule has 0 aliphatic heterocycles. The molecule has 0 aromatic heterocycles. The van der Waals surface area contributed by atoms with Crippen molar-refractivity contribution in [2.75, 3.05) is 19.0 Å². The van der Waals surface area contributed by atoms with Gasteiger partial charge in [0, 0.05) is 12.2 Å². The van der Waals surface area contributed by atoms with Gasteiger partial charge < -0.3 is 20.5 Å². The van der Waals surface area contributed by atoms with Gasteiger partial charge in [0.1, 0.15) is 5.75 Å². The SMILES string of the molecule is COc1ccc(NC(=O)NC[C@H](C)C[C@H](C)O)cc1Br. The highest BCUT2D eigenvalue weighted by Gasteiger charge is 2.09. The van der Waals surface area contributed by atoms with Gasteiger partial charge in [-0.2, -0.15) is 0 Å². The van der Waals surface area contributed by atoms with E-state index in [4.69, 9.17) is 4.74 Å². The Morgan fingerprint density at radius 2 is 2.15 bits per heavy atom. The van der Waals surface area contributed by atoms with Crippen LogP contribution >= 0.6 is 15.9 Å². The van der Waals surface area contributed by atoms with Crippen LogP contribution in [0.25, 0.3) is 0 Å². The van der Waals surface area contributed by atoms with Gasteiger partial charge in [-0.3, -0.25) is 0 Å². The summed E-state index contributed by atoms with van der Waals surface area (Å²) >= 11 is 3.36. The number of nitrogens with one attached hydrogen (secondary N) is 2. The van der Waals surface area contributed by atoms with E-state index in [1.165, 1.54) is 0 Å². The van der Waals surface area contributed by atoms with Crippen LogP contribution in [0.15, 0.2) is 22.7 Å². The van der Waals surface area contributed by atoms with E-state index in [9.17, 15) is 9.90 Å². The van der Waals surface area contributed by atoms with Gasteiger partial charge in [-0.25, -0.2) is 4.79 Å². The maximum absolute atomic E-state index is 11.7. The van der Waals surface area contributed by atoms with Gasteiger partial charge in [0.25, 0.3) is 0 Å². The van der Waals surface area contributed by atoms with E-state index in [2.05, 4.69) is 26.6 Å². The zero-order chi connectivity index (χ0) is 15.1. The number of aliphatic hydroxyl groups excluding tert-OH is 1. The van der Waals surface area contributed by atoms with E-state index in [1.54, 1.807) is 32.2 Å². The quantitative estimate of drug-likeness (QED) is 0.742. The first-order valence-electron chi connectivity index (χ1n) is 6.48. The van der Waals surface area contributed by atoms with Gasteiger partial charge in [-0.05, 0) is 53.4 Å². The smallest absolute Gasteiger partial charge is 0.319 e. The molecular formula is C14H21BrN2O3. The van der Waals surface area contributed by atoms with Gasteiger partial charge in [0.15, 0.2) is 0 Å². The van der Waals surface area contributed by atoms with Crippen molar-refractivity contribution in [3.8, 4) is 5.75 Å². The maximum Gasteiger partial charge on any atom is 0.319 e. The van der Waals surface area contributed by atoms with Crippen LogP contribution in [0.4, 0.5) is 10.5 Å². The molecule has 0 aliphatic rings. The summed E-state index contributed by atoms with van der Waals surface area (Å²) in [5, 5.41) is 14.8. The number of hydrogen-bond donors (Lipinski definition) is 3. The van der Waals surface area contributed by atoms with E-state index < -0.39 is 0 Å². The van der Waals surface area contributed by atoms with Crippen molar-refractivity contribution in [2.24, 2.45) is 5.92 Å². The number of hydrogen-bond acceptors (Lipinski definition) is 3. The molecule has 0 fully saturated rings. The molecule has 112 valence electrons. The van der Waals surface area contributed by atoms with Crippen LogP contribution in [0.3, 0.4) is 0 Å². The Hall–Kier alpha value is -1.27. The van der Waals surface area contributed by atoms with E-state index in [-0.39, 0.29) is 18.1 Å². The Labute approximate surface area is 127 Å². The number of benzene rings is 1. The highest BCUT2D eigenvalue weighted by molar-refractivity contribution is 9.10. The number of carbonyl (C=O) groups is 1. The molecule has 1 aromatic carbocycles. The second-order valence-electron chi connectivity index (χ2n) is 4.87. The number of methoxy groups -OCH3 is 1. The number of amides is 2. The molecule has 0 radical (unpaired) electrons. The molecular weight excluding hydrogens is 324 g/mol. The monoisotopic (exact) mass is 344 g/mol. The average molecular weight is 345 g/mol. The Balaban J connectivity index is 2.44. The normalized spacial score (nSPS) is 13.4. The lowest BCUT2D eigenvalue weighted by Crippen LogP contribution is -2.33. The number of aliphatic hydroxyl groups is 1. The minimum absolute atomic E-state index is 0.225. The third kappa shape index (κ3) is 5.79. The van der Waals surface area contributed by atoms with Crippen LogP contribution in [0.2, 0.25) is 0 Å². The van der Waals surface area contributed by atoms with Crippen LogP contribution in [0.1, 0.15) is 20.3 Å². The summed E-state index contributed by atoms with van der Waals surface area (Å²) in [6.07, 6.45) is 0.307. The third-order valence-corrected chi connectivity index (χ3v) is 3.38. The Bertz CT molecular complexity index is 452. The summed E-state index contributed by atoms with van der Waals surface area (Å²) in [4.78, 5) is 11.7. The summed E-state index contributed by atoms with van der Waals surface area (Å²) in [6, 6.07) is 5.05. The van der Waals surface area contributed by atoms with Gasteiger partial charge in [0.2, 0.25) is 0 Å². The fourth-order valence-electron chi connectivity index (χ4n) is 1.85. The largest absolute Gasteiger partial charge is 0.496 e. The first-order valence-corrected chi connectivity index (χ1v) is 7.28. The molecule has 3 N–H and O–H groups in total. The zero-order valence-corrected chi connectivity index (χ0v) is 13.5. The Kier molecular flexibility index (Phi) is 6.81. The van der Waals surface area contributed by atoms with Crippen LogP contribution in [-0.2, 0) is 0 Å². The van der Waals surface area contributed by atoms with Crippen LogP contribution < -0.4 is 15.4 Å². The van der Waals surface area contributed by atoms with Gasteiger partial charge in [-0.15, -0.1) is 0 Å². The van der Waals surface area contributed by atoms with E-state index >= 15 is 0 Å². The fourth-order valence-corrected chi connectivity index (χ4v) is 2.39. The minimum atomic E-state index is -0.354. The number of rotatable bonds is 6. The van der Waals surface area contributed by atoms with Crippen LogP contribution in [0.5, 0.6) is 5.75 Å². The molecule has 0 saturated carbocycles. The molecule has 1 aromatic rings. The molecule has 1 rings (SSSR count). The molecule has 0 unspecified atom stereocenters. The van der Waals surface area contributed by atoms with Crippen molar-refractivity contribution < 1.29 is 14.6 Å². The van der Waals surface area contributed by atoms with Crippen LogP contribution in [0, 0.1) is 5.92 Å². The summed E-state index contributed by atoms with van der Waals surface area (Å²) in [5.41, 5.74) is 0.679. The summed E-state index contributed by atoms with van der Waals surface area (Å²) < 4.78 is 5.90. The first-order chi connectivity index (χ1) is 9.42. The highest BCUT2D eigenvalue weighted by Crippen LogP contribution is 2.27.